The minimum atomic E-state index is 0.699. The number of hydrogen-bond donors (Lipinski definition) is 0. The van der Waals surface area contributed by atoms with E-state index < -0.39 is 0 Å². The zero-order valence-corrected chi connectivity index (χ0v) is 10.7. The third kappa shape index (κ3) is 5.13. The lowest BCUT2D eigenvalue weighted by molar-refractivity contribution is 0.362. The number of benzene rings is 1. The maximum Gasteiger partial charge on any atom is 0.0233 e. The van der Waals surface area contributed by atoms with Crippen molar-refractivity contribution in [1.82, 2.24) is 4.90 Å². The fourth-order valence-corrected chi connectivity index (χ4v) is 1.57. The maximum atomic E-state index is 2.33. The average molecular weight is 217 g/mol. The molecule has 1 heteroatoms. The topological polar surface area (TPSA) is 3.24 Å². The molecular formula is C15H23N. The van der Waals surface area contributed by atoms with Crippen molar-refractivity contribution >= 4 is 0 Å². The van der Waals surface area contributed by atoms with E-state index in [4.69, 9.17) is 0 Å². The largest absolute Gasteiger partial charge is 0.298 e. The Hall–Kier alpha value is -1.08. The Balaban J connectivity index is 2.31. The van der Waals surface area contributed by atoms with Gasteiger partial charge < -0.3 is 0 Å². The molecule has 0 aromatic heterocycles. The van der Waals surface area contributed by atoms with E-state index in [2.05, 4.69) is 68.3 Å². The summed E-state index contributed by atoms with van der Waals surface area (Å²) in [6.45, 7) is 6.53. The monoisotopic (exact) mass is 217 g/mol. The molecule has 0 aliphatic heterocycles. The highest BCUT2D eigenvalue weighted by Crippen LogP contribution is 2.04. The van der Waals surface area contributed by atoms with Gasteiger partial charge in [0.15, 0.2) is 0 Å². The third-order valence-electron chi connectivity index (χ3n) is 2.82. The normalized spacial score (nSPS) is 13.5. The maximum absolute atomic E-state index is 2.33. The molecular weight excluding hydrogens is 194 g/mol. The molecule has 1 aromatic carbocycles. The number of nitrogens with zero attached hydrogens (tertiary/aromatic N) is 1. The van der Waals surface area contributed by atoms with E-state index in [1.807, 2.05) is 0 Å². The smallest absolute Gasteiger partial charge is 0.0233 e. The molecule has 0 fully saturated rings. The fraction of sp³-hybridized carbons (Fsp3) is 0.467. The van der Waals surface area contributed by atoms with Crippen LogP contribution in [0.25, 0.3) is 0 Å². The molecule has 0 heterocycles. The molecule has 0 bridgehead atoms. The van der Waals surface area contributed by atoms with Gasteiger partial charge in [0.2, 0.25) is 0 Å². The number of allylic oxidation sites excluding steroid dienone is 1. The van der Waals surface area contributed by atoms with Crippen molar-refractivity contribution in [1.29, 1.82) is 0 Å². The van der Waals surface area contributed by atoms with E-state index in [1.165, 1.54) is 12.0 Å². The molecule has 1 nitrogen and oxygen atoms in total. The standard InChI is InChI=1S/C15H23N/c1-4-14(2)9-8-12-16(3)13-15-10-6-5-7-11-15/h5-11,14H,4,12-13H2,1-3H3. The van der Waals surface area contributed by atoms with Crippen LogP contribution < -0.4 is 0 Å². The van der Waals surface area contributed by atoms with E-state index in [1.54, 1.807) is 0 Å². The molecule has 1 unspecified atom stereocenters. The van der Waals surface area contributed by atoms with Crippen LogP contribution in [0.1, 0.15) is 25.8 Å². The molecule has 0 radical (unpaired) electrons. The van der Waals surface area contributed by atoms with Gasteiger partial charge in [0.05, 0.1) is 0 Å². The second-order valence-corrected chi connectivity index (χ2v) is 4.50. The Bertz CT molecular complexity index is 302. The van der Waals surface area contributed by atoms with Gasteiger partial charge in [-0.25, -0.2) is 0 Å². The van der Waals surface area contributed by atoms with Crippen LogP contribution >= 0.6 is 0 Å². The Morgan fingerprint density at radius 1 is 1.25 bits per heavy atom. The quantitative estimate of drug-likeness (QED) is 0.656. The van der Waals surface area contributed by atoms with E-state index in [0.29, 0.717) is 5.92 Å². The second-order valence-electron chi connectivity index (χ2n) is 4.50. The first-order valence-corrected chi connectivity index (χ1v) is 6.11. The van der Waals surface area contributed by atoms with Crippen molar-refractivity contribution in [2.24, 2.45) is 5.92 Å². The molecule has 0 N–H and O–H groups in total. The average Bonchev–Trinajstić information content (AvgIpc) is 2.30. The summed E-state index contributed by atoms with van der Waals surface area (Å²) in [5, 5.41) is 0. The number of rotatable bonds is 6. The molecule has 16 heavy (non-hydrogen) atoms. The molecule has 88 valence electrons. The third-order valence-corrected chi connectivity index (χ3v) is 2.82. The molecule has 0 spiro atoms. The molecule has 0 aliphatic carbocycles. The van der Waals surface area contributed by atoms with Gasteiger partial charge in [-0.15, -0.1) is 0 Å². The van der Waals surface area contributed by atoms with Crippen molar-refractivity contribution < 1.29 is 0 Å². The highest BCUT2D eigenvalue weighted by Gasteiger charge is 1.97. The summed E-state index contributed by atoms with van der Waals surface area (Å²) < 4.78 is 0. The van der Waals surface area contributed by atoms with Crippen LogP contribution in [0.2, 0.25) is 0 Å². The first-order valence-electron chi connectivity index (χ1n) is 6.11. The summed E-state index contributed by atoms with van der Waals surface area (Å²) in [5.74, 6) is 0.699. The van der Waals surface area contributed by atoms with Crippen molar-refractivity contribution in [3.63, 3.8) is 0 Å². The highest BCUT2D eigenvalue weighted by atomic mass is 15.1. The van der Waals surface area contributed by atoms with Crippen LogP contribution in [0.15, 0.2) is 42.5 Å². The molecule has 1 rings (SSSR count). The fourth-order valence-electron chi connectivity index (χ4n) is 1.57. The number of likely N-dealkylation sites (N-methyl/N-ethyl adjacent to an activating group) is 1. The van der Waals surface area contributed by atoms with Crippen LogP contribution in [0.5, 0.6) is 0 Å². The summed E-state index contributed by atoms with van der Waals surface area (Å²) in [5.41, 5.74) is 1.38. The molecule has 0 amide bonds. The van der Waals surface area contributed by atoms with Gasteiger partial charge in [-0.05, 0) is 18.5 Å². The van der Waals surface area contributed by atoms with E-state index in [-0.39, 0.29) is 0 Å². The van der Waals surface area contributed by atoms with Crippen LogP contribution in [0.3, 0.4) is 0 Å². The second kappa shape index (κ2) is 7.24. The first kappa shape index (κ1) is 13.0. The van der Waals surface area contributed by atoms with E-state index in [9.17, 15) is 0 Å². The van der Waals surface area contributed by atoms with Crippen molar-refractivity contribution in [2.45, 2.75) is 26.8 Å². The molecule has 0 saturated carbocycles. The predicted molar refractivity (Wildman–Crippen MR) is 71.4 cm³/mol. The van der Waals surface area contributed by atoms with Crippen LogP contribution in [0.4, 0.5) is 0 Å². The van der Waals surface area contributed by atoms with Gasteiger partial charge in [-0.2, -0.15) is 0 Å². The summed E-state index contributed by atoms with van der Waals surface area (Å²) in [6.07, 6.45) is 5.80. The lowest BCUT2D eigenvalue weighted by Gasteiger charge is -2.14. The van der Waals surface area contributed by atoms with Crippen molar-refractivity contribution in [3.05, 3.63) is 48.0 Å². The Kier molecular flexibility index (Phi) is 5.87. The van der Waals surface area contributed by atoms with Crippen molar-refractivity contribution in [2.75, 3.05) is 13.6 Å². The molecule has 1 aromatic rings. The van der Waals surface area contributed by atoms with E-state index in [0.717, 1.165) is 13.1 Å². The van der Waals surface area contributed by atoms with Gasteiger partial charge in [0.1, 0.15) is 0 Å². The van der Waals surface area contributed by atoms with E-state index >= 15 is 0 Å². The summed E-state index contributed by atoms with van der Waals surface area (Å²) in [4.78, 5) is 2.33. The van der Waals surface area contributed by atoms with Gasteiger partial charge >= 0.3 is 0 Å². The molecule has 1 atom stereocenters. The lowest BCUT2D eigenvalue weighted by Crippen LogP contribution is -2.17. The lowest BCUT2D eigenvalue weighted by atomic mass is 10.1. The zero-order valence-electron chi connectivity index (χ0n) is 10.7. The minimum Gasteiger partial charge on any atom is -0.298 e. The van der Waals surface area contributed by atoms with Crippen molar-refractivity contribution in [3.8, 4) is 0 Å². The minimum absolute atomic E-state index is 0.699. The molecule has 0 aliphatic rings. The first-order chi connectivity index (χ1) is 7.72. The van der Waals surface area contributed by atoms with Crippen LogP contribution in [-0.4, -0.2) is 18.5 Å². The predicted octanol–water partition coefficient (Wildman–Crippen LogP) is 3.72. The van der Waals surface area contributed by atoms with Crippen LogP contribution in [0, 0.1) is 5.92 Å². The Labute approximate surface area is 99.8 Å². The summed E-state index contributed by atoms with van der Waals surface area (Å²) in [7, 11) is 2.16. The SMILES string of the molecule is CCC(C)C=CCN(C)Cc1ccccc1. The number of hydrogen-bond acceptors (Lipinski definition) is 1. The highest BCUT2D eigenvalue weighted by molar-refractivity contribution is 5.14. The zero-order chi connectivity index (χ0) is 11.8. The van der Waals surface area contributed by atoms with Gasteiger partial charge in [0, 0.05) is 13.1 Å². The van der Waals surface area contributed by atoms with Gasteiger partial charge in [-0.3, -0.25) is 4.90 Å². The summed E-state index contributed by atoms with van der Waals surface area (Å²) >= 11 is 0. The van der Waals surface area contributed by atoms with Gasteiger partial charge in [-0.1, -0.05) is 62.8 Å². The molecule has 0 saturated heterocycles. The summed E-state index contributed by atoms with van der Waals surface area (Å²) in [6, 6.07) is 10.6. The Morgan fingerprint density at radius 3 is 2.56 bits per heavy atom. The van der Waals surface area contributed by atoms with Crippen LogP contribution in [-0.2, 0) is 6.54 Å². The van der Waals surface area contributed by atoms with Gasteiger partial charge in [0.25, 0.3) is 0 Å². The Morgan fingerprint density at radius 2 is 1.94 bits per heavy atom.